The van der Waals surface area contributed by atoms with Crippen molar-refractivity contribution in [1.29, 1.82) is 0 Å². The number of hydrogen-bond donors (Lipinski definition) is 3. The topological polar surface area (TPSA) is 122 Å². The molecule has 0 saturated heterocycles. The number of carboxylic acid groups (broad SMARTS) is 1. The monoisotopic (exact) mass is 678 g/mol. The quantitative estimate of drug-likeness (QED) is 0.116. The molecule has 260 valence electrons. The molecule has 5 rings (SSSR count). The van der Waals surface area contributed by atoms with Gasteiger partial charge in [0.05, 0.1) is 12.0 Å². The Morgan fingerprint density at radius 1 is 0.760 bits per heavy atom. The predicted octanol–water partition coefficient (Wildman–Crippen LogP) is 7.10. The number of carboxylic acids is 1. The van der Waals surface area contributed by atoms with E-state index in [2.05, 4.69) is 22.8 Å². The van der Waals surface area contributed by atoms with Gasteiger partial charge in [0.15, 0.2) is 5.78 Å². The molecule has 1 aliphatic carbocycles. The maximum absolute atomic E-state index is 13.8. The van der Waals surface area contributed by atoms with Gasteiger partial charge in [0.2, 0.25) is 5.91 Å². The van der Waals surface area contributed by atoms with Gasteiger partial charge in [0, 0.05) is 12.3 Å². The first-order valence-corrected chi connectivity index (χ1v) is 17.0. The van der Waals surface area contributed by atoms with Gasteiger partial charge in [-0.3, -0.25) is 14.4 Å². The number of aryl methyl sites for hydroxylation is 1. The fraction of sp³-hybridized carbons (Fsp3) is 0.317. The first-order valence-electron chi connectivity index (χ1n) is 17.0. The van der Waals surface area contributed by atoms with Crippen LogP contribution in [0.25, 0.3) is 11.1 Å². The number of ether oxygens (including phenoxy) is 1. The molecular formula is C41H43FN2O6. The SMILES string of the molecule is CC(C)C[C@H](NC(=O)[C@H](CCc1ccccc1)NC(=O)OCC1c2ccccc2-c2ccccc21)C(=O)C[C@@H](Cc1ccc(F)cc1)C(=O)O. The van der Waals surface area contributed by atoms with Crippen LogP contribution in [0.2, 0.25) is 0 Å². The van der Waals surface area contributed by atoms with E-state index in [1.165, 1.54) is 24.3 Å². The number of aliphatic carboxylic acids is 1. The molecular weight excluding hydrogens is 635 g/mol. The molecule has 0 spiro atoms. The van der Waals surface area contributed by atoms with Crippen LogP contribution in [0.3, 0.4) is 0 Å². The predicted molar refractivity (Wildman–Crippen MR) is 189 cm³/mol. The molecule has 0 aliphatic heterocycles. The van der Waals surface area contributed by atoms with Crippen molar-refractivity contribution < 1.29 is 33.4 Å². The third-order valence-electron chi connectivity index (χ3n) is 9.12. The highest BCUT2D eigenvalue weighted by molar-refractivity contribution is 5.93. The van der Waals surface area contributed by atoms with Crippen LogP contribution in [0.15, 0.2) is 103 Å². The molecule has 4 aromatic carbocycles. The van der Waals surface area contributed by atoms with E-state index in [4.69, 9.17) is 4.74 Å². The zero-order chi connectivity index (χ0) is 35.6. The Labute approximate surface area is 292 Å². The van der Waals surface area contributed by atoms with Crippen LogP contribution < -0.4 is 10.6 Å². The van der Waals surface area contributed by atoms with Crippen LogP contribution in [0.4, 0.5) is 9.18 Å². The zero-order valence-electron chi connectivity index (χ0n) is 28.3. The summed E-state index contributed by atoms with van der Waals surface area (Å²) in [6.45, 7) is 3.88. The van der Waals surface area contributed by atoms with Crippen LogP contribution in [-0.2, 0) is 32.0 Å². The molecule has 50 heavy (non-hydrogen) atoms. The van der Waals surface area contributed by atoms with Crippen molar-refractivity contribution in [2.75, 3.05) is 6.61 Å². The molecule has 8 nitrogen and oxygen atoms in total. The van der Waals surface area contributed by atoms with Crippen LogP contribution in [-0.4, -0.2) is 47.6 Å². The van der Waals surface area contributed by atoms with Gasteiger partial charge in [-0.1, -0.05) is 105 Å². The van der Waals surface area contributed by atoms with Crippen molar-refractivity contribution in [3.63, 3.8) is 0 Å². The highest BCUT2D eigenvalue weighted by Gasteiger charge is 2.32. The van der Waals surface area contributed by atoms with Gasteiger partial charge in [-0.05, 0) is 77.1 Å². The van der Waals surface area contributed by atoms with Crippen molar-refractivity contribution in [3.05, 3.63) is 131 Å². The van der Waals surface area contributed by atoms with E-state index in [9.17, 15) is 28.7 Å². The summed E-state index contributed by atoms with van der Waals surface area (Å²) in [5, 5.41) is 15.5. The van der Waals surface area contributed by atoms with Crippen molar-refractivity contribution >= 4 is 23.8 Å². The van der Waals surface area contributed by atoms with Crippen LogP contribution in [0.1, 0.15) is 61.3 Å². The maximum Gasteiger partial charge on any atom is 0.407 e. The summed E-state index contributed by atoms with van der Waals surface area (Å²) >= 11 is 0. The lowest BCUT2D eigenvalue weighted by Crippen LogP contribution is -2.52. The van der Waals surface area contributed by atoms with Crippen molar-refractivity contribution in [2.24, 2.45) is 11.8 Å². The largest absolute Gasteiger partial charge is 0.481 e. The molecule has 0 fully saturated rings. The smallest absolute Gasteiger partial charge is 0.407 e. The minimum absolute atomic E-state index is 0.00230. The summed E-state index contributed by atoms with van der Waals surface area (Å²) in [5.74, 6) is -3.80. The fourth-order valence-corrected chi connectivity index (χ4v) is 6.56. The van der Waals surface area contributed by atoms with Gasteiger partial charge in [0.1, 0.15) is 18.5 Å². The molecule has 9 heteroatoms. The molecule has 3 N–H and O–H groups in total. The molecule has 0 bridgehead atoms. The number of amides is 2. The number of halogens is 1. The average Bonchev–Trinajstić information content (AvgIpc) is 3.43. The summed E-state index contributed by atoms with van der Waals surface area (Å²) in [7, 11) is 0. The summed E-state index contributed by atoms with van der Waals surface area (Å²) < 4.78 is 19.2. The summed E-state index contributed by atoms with van der Waals surface area (Å²) in [4.78, 5) is 52.9. The lowest BCUT2D eigenvalue weighted by molar-refractivity contribution is -0.144. The van der Waals surface area contributed by atoms with Gasteiger partial charge in [-0.2, -0.15) is 0 Å². The average molecular weight is 679 g/mol. The van der Waals surface area contributed by atoms with Crippen LogP contribution in [0.5, 0.6) is 0 Å². The molecule has 0 unspecified atom stereocenters. The van der Waals surface area contributed by atoms with Gasteiger partial charge in [-0.25, -0.2) is 9.18 Å². The number of alkyl carbamates (subject to hydrolysis) is 1. The number of carbonyl (C=O) groups excluding carboxylic acids is 3. The second-order valence-corrected chi connectivity index (χ2v) is 13.3. The van der Waals surface area contributed by atoms with E-state index >= 15 is 0 Å². The van der Waals surface area contributed by atoms with Crippen LogP contribution in [0, 0.1) is 17.7 Å². The third kappa shape index (κ3) is 9.43. The summed E-state index contributed by atoms with van der Waals surface area (Å²) in [5.41, 5.74) is 5.88. The van der Waals surface area contributed by atoms with Crippen molar-refractivity contribution in [1.82, 2.24) is 10.6 Å². The summed E-state index contributed by atoms with van der Waals surface area (Å²) in [6.07, 6.45) is -0.0399. The lowest BCUT2D eigenvalue weighted by Gasteiger charge is -2.25. The maximum atomic E-state index is 13.8. The second-order valence-electron chi connectivity index (χ2n) is 13.3. The second kappa shape index (κ2) is 16.9. The van der Waals surface area contributed by atoms with Crippen molar-refractivity contribution in [2.45, 2.75) is 64.0 Å². The van der Waals surface area contributed by atoms with E-state index in [1.807, 2.05) is 80.6 Å². The minimum atomic E-state index is -1.16. The number of rotatable bonds is 16. The van der Waals surface area contributed by atoms with Gasteiger partial charge >= 0.3 is 12.1 Å². The van der Waals surface area contributed by atoms with E-state index < -0.39 is 47.6 Å². The Hall–Kier alpha value is -5.31. The Bertz CT molecular complexity index is 1750. The number of hydrogen-bond acceptors (Lipinski definition) is 5. The fourth-order valence-electron chi connectivity index (χ4n) is 6.56. The molecule has 0 saturated carbocycles. The highest BCUT2D eigenvalue weighted by Crippen LogP contribution is 2.44. The molecule has 0 aromatic heterocycles. The Morgan fingerprint density at radius 2 is 1.36 bits per heavy atom. The van der Waals surface area contributed by atoms with Crippen molar-refractivity contribution in [3.8, 4) is 11.1 Å². The summed E-state index contributed by atoms with van der Waals surface area (Å²) in [6, 6.07) is 29.1. The van der Waals surface area contributed by atoms with E-state index in [0.29, 0.717) is 12.0 Å². The number of carbonyl (C=O) groups is 4. The normalized spacial score (nSPS) is 13.8. The van der Waals surface area contributed by atoms with Gasteiger partial charge in [-0.15, -0.1) is 0 Å². The molecule has 4 aromatic rings. The number of nitrogens with one attached hydrogen (secondary N) is 2. The Balaban J connectivity index is 1.28. The number of benzene rings is 4. The molecule has 0 heterocycles. The standard InChI is InChI=1S/C41H43FN2O6/c1-26(2)22-37(38(45)24-29(40(47)48)23-28-16-19-30(42)20-17-28)43-39(46)36(21-18-27-10-4-3-5-11-27)44-41(49)50-25-35-33-14-8-6-12-31(33)32-13-7-9-15-34(32)35/h3-17,19-20,26,29,35-37H,18,21-25H2,1-2H3,(H,43,46)(H,44,49)(H,47,48)/t29-,36+,37+/m1/s1. The van der Waals surface area contributed by atoms with E-state index in [0.717, 1.165) is 27.8 Å². The van der Waals surface area contributed by atoms with Gasteiger partial charge in [0.25, 0.3) is 0 Å². The Morgan fingerprint density at radius 3 is 1.96 bits per heavy atom. The van der Waals surface area contributed by atoms with E-state index in [1.54, 1.807) is 0 Å². The van der Waals surface area contributed by atoms with Gasteiger partial charge < -0.3 is 20.5 Å². The first kappa shape index (κ1) is 36.0. The zero-order valence-corrected chi connectivity index (χ0v) is 28.3. The van der Waals surface area contributed by atoms with E-state index in [-0.39, 0.29) is 44.1 Å². The molecule has 3 atom stereocenters. The molecule has 0 radical (unpaired) electrons. The number of Topliss-reactive ketones (excluding diaryl/α,β-unsaturated/α-hetero) is 1. The first-order chi connectivity index (χ1) is 24.1. The molecule has 1 aliphatic rings. The minimum Gasteiger partial charge on any atom is -0.481 e. The number of ketones is 1. The molecule has 2 amide bonds. The third-order valence-corrected chi connectivity index (χ3v) is 9.12. The highest BCUT2D eigenvalue weighted by atomic mass is 19.1. The van der Waals surface area contributed by atoms with Crippen LogP contribution >= 0.6 is 0 Å². The Kier molecular flexibility index (Phi) is 12.1. The number of fused-ring (bicyclic) bond motifs is 3. The lowest BCUT2D eigenvalue weighted by atomic mass is 9.89.